The molecule has 0 aromatic heterocycles. The van der Waals surface area contributed by atoms with E-state index in [0.29, 0.717) is 6.42 Å². The van der Waals surface area contributed by atoms with Gasteiger partial charge in [0.1, 0.15) is 0 Å². The molecule has 3 N–H and O–H groups in total. The van der Waals surface area contributed by atoms with Gasteiger partial charge in [0, 0.05) is 5.54 Å². The molecule has 0 aliphatic rings. The number of carbonyl (C=O) groups is 1. The molecular weight excluding hydrogens is 154 g/mol. The fourth-order valence-electron chi connectivity index (χ4n) is 1.10. The van der Waals surface area contributed by atoms with E-state index in [1.54, 1.807) is 26.8 Å². The third-order valence-electron chi connectivity index (χ3n) is 1.87. The Morgan fingerprint density at radius 3 is 2.25 bits per heavy atom. The van der Waals surface area contributed by atoms with Crippen LogP contribution in [0.1, 0.15) is 27.2 Å². The lowest BCUT2D eigenvalue weighted by Crippen LogP contribution is -2.41. The Balaban J connectivity index is 4.44. The fourth-order valence-corrected chi connectivity index (χ4v) is 1.10. The number of rotatable bonds is 4. The van der Waals surface area contributed by atoms with Gasteiger partial charge in [-0.05, 0) is 27.2 Å². The van der Waals surface area contributed by atoms with Crippen molar-refractivity contribution in [3.8, 4) is 0 Å². The van der Waals surface area contributed by atoms with Gasteiger partial charge >= 0.3 is 5.97 Å². The molecule has 0 amide bonds. The Kier molecular flexibility index (Phi) is 3.04. The Morgan fingerprint density at radius 2 is 2.00 bits per heavy atom. The summed E-state index contributed by atoms with van der Waals surface area (Å²) < 4.78 is 0. The Labute approximate surface area is 73.3 Å². The lowest BCUT2D eigenvalue weighted by atomic mass is 9.80. The summed E-state index contributed by atoms with van der Waals surface area (Å²) in [6.07, 6.45) is 1.97. The van der Waals surface area contributed by atoms with Crippen LogP contribution in [0.2, 0.25) is 0 Å². The molecule has 0 aliphatic heterocycles. The van der Waals surface area contributed by atoms with Gasteiger partial charge in [0.25, 0.3) is 0 Å². The molecule has 0 spiro atoms. The van der Waals surface area contributed by atoms with Crippen LogP contribution in [0.15, 0.2) is 12.7 Å². The van der Waals surface area contributed by atoms with Gasteiger partial charge in [-0.1, -0.05) is 6.08 Å². The van der Waals surface area contributed by atoms with Crippen molar-refractivity contribution in [3.05, 3.63) is 12.7 Å². The Bertz CT molecular complexity index is 195. The van der Waals surface area contributed by atoms with Crippen LogP contribution in [-0.4, -0.2) is 16.6 Å². The zero-order valence-electron chi connectivity index (χ0n) is 7.92. The third-order valence-corrected chi connectivity index (χ3v) is 1.87. The molecule has 0 heterocycles. The molecule has 0 radical (unpaired) electrons. The van der Waals surface area contributed by atoms with Crippen LogP contribution in [0.5, 0.6) is 0 Å². The third kappa shape index (κ3) is 3.05. The van der Waals surface area contributed by atoms with E-state index in [0.717, 1.165) is 0 Å². The van der Waals surface area contributed by atoms with Crippen LogP contribution in [0.4, 0.5) is 0 Å². The van der Waals surface area contributed by atoms with Gasteiger partial charge in [-0.3, -0.25) is 4.79 Å². The molecule has 0 bridgehead atoms. The molecule has 0 rings (SSSR count). The molecule has 0 fully saturated rings. The SMILES string of the molecule is C=CC(C)(N)CC(C)(C)C(=O)O. The fraction of sp³-hybridized carbons (Fsp3) is 0.667. The zero-order chi connectivity index (χ0) is 9.99. The van der Waals surface area contributed by atoms with Crippen molar-refractivity contribution in [2.24, 2.45) is 11.1 Å². The predicted octanol–water partition coefficient (Wildman–Crippen LogP) is 1.39. The average Bonchev–Trinajstić information content (AvgIpc) is 1.85. The van der Waals surface area contributed by atoms with Gasteiger partial charge < -0.3 is 10.8 Å². The maximum Gasteiger partial charge on any atom is 0.309 e. The van der Waals surface area contributed by atoms with Crippen molar-refractivity contribution in [3.63, 3.8) is 0 Å². The van der Waals surface area contributed by atoms with Crippen LogP contribution in [0.25, 0.3) is 0 Å². The van der Waals surface area contributed by atoms with Crippen LogP contribution < -0.4 is 5.73 Å². The Hall–Kier alpha value is -0.830. The van der Waals surface area contributed by atoms with E-state index < -0.39 is 16.9 Å². The summed E-state index contributed by atoms with van der Waals surface area (Å²) in [6, 6.07) is 0. The minimum atomic E-state index is -0.832. The number of hydrogen-bond donors (Lipinski definition) is 2. The summed E-state index contributed by atoms with van der Waals surface area (Å²) in [4.78, 5) is 10.7. The summed E-state index contributed by atoms with van der Waals surface area (Å²) in [7, 11) is 0. The van der Waals surface area contributed by atoms with E-state index in [9.17, 15) is 4.79 Å². The minimum absolute atomic E-state index is 0.388. The molecule has 0 aromatic rings. The van der Waals surface area contributed by atoms with Gasteiger partial charge in [0.2, 0.25) is 0 Å². The summed E-state index contributed by atoms with van der Waals surface area (Å²) in [5.74, 6) is -0.832. The quantitative estimate of drug-likeness (QED) is 0.628. The molecule has 70 valence electrons. The van der Waals surface area contributed by atoms with E-state index >= 15 is 0 Å². The standard InChI is InChI=1S/C9H17NO2/c1-5-9(4,10)6-8(2,3)7(11)12/h5H,1,6,10H2,2-4H3,(H,11,12). The maximum atomic E-state index is 10.7. The van der Waals surface area contributed by atoms with Crippen LogP contribution in [-0.2, 0) is 4.79 Å². The molecular formula is C9H17NO2. The minimum Gasteiger partial charge on any atom is -0.481 e. The van der Waals surface area contributed by atoms with Crippen LogP contribution >= 0.6 is 0 Å². The first-order chi connectivity index (χ1) is 5.21. The molecule has 0 aromatic carbocycles. The van der Waals surface area contributed by atoms with Gasteiger partial charge in [-0.2, -0.15) is 0 Å². The van der Waals surface area contributed by atoms with Crippen molar-refractivity contribution in [1.29, 1.82) is 0 Å². The van der Waals surface area contributed by atoms with Gasteiger partial charge in [0.05, 0.1) is 5.41 Å². The first-order valence-electron chi connectivity index (χ1n) is 3.87. The normalized spacial score (nSPS) is 16.7. The molecule has 0 aliphatic carbocycles. The summed E-state index contributed by atoms with van der Waals surface area (Å²) >= 11 is 0. The van der Waals surface area contributed by atoms with Gasteiger partial charge in [0.15, 0.2) is 0 Å². The van der Waals surface area contributed by atoms with Crippen molar-refractivity contribution < 1.29 is 9.90 Å². The van der Waals surface area contributed by atoms with E-state index in [4.69, 9.17) is 10.8 Å². The van der Waals surface area contributed by atoms with Gasteiger partial charge in [-0.25, -0.2) is 0 Å². The maximum absolute atomic E-state index is 10.7. The highest BCUT2D eigenvalue weighted by Crippen LogP contribution is 2.27. The largest absolute Gasteiger partial charge is 0.481 e. The number of nitrogens with two attached hydrogens (primary N) is 1. The monoisotopic (exact) mass is 171 g/mol. The molecule has 3 nitrogen and oxygen atoms in total. The topological polar surface area (TPSA) is 63.3 Å². The number of carboxylic acid groups (broad SMARTS) is 1. The summed E-state index contributed by atoms with van der Waals surface area (Å²) in [5.41, 5.74) is 4.36. The Morgan fingerprint density at radius 1 is 1.58 bits per heavy atom. The smallest absolute Gasteiger partial charge is 0.309 e. The lowest BCUT2D eigenvalue weighted by molar-refractivity contribution is -0.147. The molecule has 0 saturated carbocycles. The second-order valence-electron chi connectivity index (χ2n) is 4.08. The highest BCUT2D eigenvalue weighted by atomic mass is 16.4. The molecule has 1 unspecified atom stereocenters. The number of carboxylic acids is 1. The zero-order valence-corrected chi connectivity index (χ0v) is 7.92. The molecule has 12 heavy (non-hydrogen) atoms. The average molecular weight is 171 g/mol. The number of aliphatic carboxylic acids is 1. The molecule has 0 saturated heterocycles. The molecule has 3 heteroatoms. The first-order valence-corrected chi connectivity index (χ1v) is 3.87. The van der Waals surface area contributed by atoms with Crippen LogP contribution in [0, 0.1) is 5.41 Å². The van der Waals surface area contributed by atoms with E-state index in [2.05, 4.69) is 6.58 Å². The highest BCUT2D eigenvalue weighted by molar-refractivity contribution is 5.73. The van der Waals surface area contributed by atoms with Crippen molar-refractivity contribution in [2.75, 3.05) is 0 Å². The second kappa shape index (κ2) is 3.27. The lowest BCUT2D eigenvalue weighted by Gasteiger charge is -2.29. The second-order valence-corrected chi connectivity index (χ2v) is 4.08. The number of hydrogen-bond acceptors (Lipinski definition) is 2. The van der Waals surface area contributed by atoms with E-state index in [1.165, 1.54) is 0 Å². The van der Waals surface area contributed by atoms with Crippen molar-refractivity contribution >= 4 is 5.97 Å². The molecule has 1 atom stereocenters. The van der Waals surface area contributed by atoms with Crippen LogP contribution in [0.3, 0.4) is 0 Å². The van der Waals surface area contributed by atoms with Crippen molar-refractivity contribution in [1.82, 2.24) is 0 Å². The summed E-state index contributed by atoms with van der Waals surface area (Å²) in [5, 5.41) is 8.81. The summed E-state index contributed by atoms with van der Waals surface area (Å²) in [6.45, 7) is 8.64. The first kappa shape index (κ1) is 11.2. The predicted molar refractivity (Wildman–Crippen MR) is 48.8 cm³/mol. The van der Waals surface area contributed by atoms with Crippen molar-refractivity contribution in [2.45, 2.75) is 32.7 Å². The van der Waals surface area contributed by atoms with E-state index in [-0.39, 0.29) is 0 Å². The van der Waals surface area contributed by atoms with Gasteiger partial charge in [-0.15, -0.1) is 6.58 Å². The highest BCUT2D eigenvalue weighted by Gasteiger charge is 2.33. The van der Waals surface area contributed by atoms with E-state index in [1.807, 2.05) is 0 Å².